The van der Waals surface area contributed by atoms with Gasteiger partial charge in [0.05, 0.1) is 29.3 Å². The third kappa shape index (κ3) is 2.60. The van der Waals surface area contributed by atoms with E-state index in [1.54, 1.807) is 4.68 Å². The molecule has 1 N–H and O–H groups in total. The number of anilines is 1. The number of thiazole rings is 1. The summed E-state index contributed by atoms with van der Waals surface area (Å²) in [6.45, 7) is 1.83. The second-order valence-electron chi connectivity index (χ2n) is 4.49. The van der Waals surface area contributed by atoms with Crippen LogP contribution in [0.3, 0.4) is 0 Å². The molecule has 0 fully saturated rings. The predicted octanol–water partition coefficient (Wildman–Crippen LogP) is 2.76. The quantitative estimate of drug-likeness (QED) is 0.806. The van der Waals surface area contributed by atoms with Gasteiger partial charge in [0.1, 0.15) is 10.9 Å². The Morgan fingerprint density at radius 1 is 1.32 bits per heavy atom. The minimum atomic E-state index is -0.293. The fourth-order valence-corrected chi connectivity index (χ4v) is 2.62. The number of hydrogen-bond acceptors (Lipinski definition) is 5. The molecule has 1 amide bonds. The maximum Gasteiger partial charge on any atom is 0.260 e. The summed E-state index contributed by atoms with van der Waals surface area (Å²) in [5.41, 5.74) is 2.10. The zero-order chi connectivity index (χ0) is 15.5. The summed E-state index contributed by atoms with van der Waals surface area (Å²) in [6, 6.07) is 11.6. The van der Waals surface area contributed by atoms with Crippen LogP contribution in [0.5, 0.6) is 0 Å². The van der Waals surface area contributed by atoms with Gasteiger partial charge in [-0.1, -0.05) is 29.5 Å². The highest BCUT2D eigenvalue weighted by atomic mass is 32.1. The highest BCUT2D eigenvalue weighted by molar-refractivity contribution is 7.16. The van der Waals surface area contributed by atoms with E-state index in [1.165, 1.54) is 12.4 Å². The molecule has 2 heterocycles. The lowest BCUT2D eigenvalue weighted by molar-refractivity contribution is 0.102. The molecule has 2 aromatic heterocycles. The molecule has 0 aliphatic rings. The number of rotatable bonds is 3. The van der Waals surface area contributed by atoms with Gasteiger partial charge in [0.15, 0.2) is 5.13 Å². The topological polar surface area (TPSA) is 83.6 Å². The molecule has 22 heavy (non-hydrogen) atoms. The van der Waals surface area contributed by atoms with Crippen LogP contribution >= 0.6 is 11.3 Å². The molecule has 6 nitrogen and oxygen atoms in total. The third-order valence-electron chi connectivity index (χ3n) is 3.09. The predicted molar refractivity (Wildman–Crippen MR) is 83.1 cm³/mol. The van der Waals surface area contributed by atoms with Crippen LogP contribution in [0.2, 0.25) is 0 Å². The first-order valence-corrected chi connectivity index (χ1v) is 7.28. The molecule has 0 aliphatic heterocycles. The van der Waals surface area contributed by atoms with Crippen LogP contribution < -0.4 is 5.32 Å². The Kier molecular flexibility index (Phi) is 3.68. The Morgan fingerprint density at radius 2 is 2.09 bits per heavy atom. The summed E-state index contributed by atoms with van der Waals surface area (Å²) >= 11 is 1.13. The molecule has 0 unspecified atom stereocenters. The highest BCUT2D eigenvalue weighted by Gasteiger charge is 2.16. The van der Waals surface area contributed by atoms with Gasteiger partial charge in [0, 0.05) is 0 Å². The molecule has 0 saturated heterocycles. The SMILES string of the molecule is Cc1c(C(=O)Nc2ncc(C#N)s2)cnn1-c1ccccc1. The number of hydrogen-bond donors (Lipinski definition) is 1. The van der Waals surface area contributed by atoms with Gasteiger partial charge in [-0.05, 0) is 19.1 Å². The van der Waals surface area contributed by atoms with E-state index in [9.17, 15) is 4.79 Å². The van der Waals surface area contributed by atoms with Gasteiger partial charge in [0.25, 0.3) is 5.91 Å². The van der Waals surface area contributed by atoms with Crippen molar-refractivity contribution in [3.05, 3.63) is 58.9 Å². The van der Waals surface area contributed by atoms with Crippen molar-refractivity contribution in [2.45, 2.75) is 6.92 Å². The molecule has 0 saturated carbocycles. The monoisotopic (exact) mass is 309 g/mol. The minimum absolute atomic E-state index is 0.293. The minimum Gasteiger partial charge on any atom is -0.298 e. The number of benzene rings is 1. The van der Waals surface area contributed by atoms with Crippen molar-refractivity contribution in [2.75, 3.05) is 5.32 Å². The van der Waals surface area contributed by atoms with Crippen LogP contribution in [-0.4, -0.2) is 20.7 Å². The van der Waals surface area contributed by atoms with Gasteiger partial charge >= 0.3 is 0 Å². The average Bonchev–Trinajstić information content (AvgIpc) is 3.14. The number of nitriles is 1. The van der Waals surface area contributed by atoms with Crippen LogP contribution in [0.25, 0.3) is 5.69 Å². The van der Waals surface area contributed by atoms with Gasteiger partial charge in [0.2, 0.25) is 0 Å². The van der Waals surface area contributed by atoms with Crippen LogP contribution in [0, 0.1) is 18.3 Å². The van der Waals surface area contributed by atoms with Gasteiger partial charge in [-0.2, -0.15) is 10.4 Å². The van der Waals surface area contributed by atoms with Crippen molar-refractivity contribution >= 4 is 22.4 Å². The number of amides is 1. The van der Waals surface area contributed by atoms with Crippen LogP contribution in [0.1, 0.15) is 20.9 Å². The van der Waals surface area contributed by atoms with E-state index in [2.05, 4.69) is 15.4 Å². The van der Waals surface area contributed by atoms with E-state index in [-0.39, 0.29) is 5.91 Å². The summed E-state index contributed by atoms with van der Waals surface area (Å²) in [6.07, 6.45) is 2.96. The summed E-state index contributed by atoms with van der Waals surface area (Å²) in [4.78, 5) is 16.7. The third-order valence-corrected chi connectivity index (χ3v) is 3.91. The van der Waals surface area contributed by atoms with Crippen LogP contribution in [0.4, 0.5) is 5.13 Å². The first-order valence-electron chi connectivity index (χ1n) is 6.46. The highest BCUT2D eigenvalue weighted by Crippen LogP contribution is 2.19. The number of carbonyl (C=O) groups excluding carboxylic acids is 1. The number of nitrogens with one attached hydrogen (secondary N) is 1. The fourth-order valence-electron chi connectivity index (χ4n) is 2.01. The molecule has 3 rings (SSSR count). The molecular weight excluding hydrogens is 298 g/mol. The van der Waals surface area contributed by atoms with E-state index in [0.29, 0.717) is 15.6 Å². The summed E-state index contributed by atoms with van der Waals surface area (Å²) in [7, 11) is 0. The van der Waals surface area contributed by atoms with Crippen molar-refractivity contribution in [3.8, 4) is 11.8 Å². The van der Waals surface area contributed by atoms with Crippen molar-refractivity contribution in [1.29, 1.82) is 5.26 Å². The molecule has 1 aromatic carbocycles. The van der Waals surface area contributed by atoms with Gasteiger partial charge in [-0.15, -0.1) is 0 Å². The summed E-state index contributed by atoms with van der Waals surface area (Å²) in [5, 5.41) is 16.1. The van der Waals surface area contributed by atoms with E-state index in [1.807, 2.05) is 43.3 Å². The molecule has 3 aromatic rings. The van der Waals surface area contributed by atoms with E-state index >= 15 is 0 Å². The second kappa shape index (κ2) is 5.79. The molecule has 0 spiro atoms. The lowest BCUT2D eigenvalue weighted by atomic mass is 10.2. The van der Waals surface area contributed by atoms with E-state index in [0.717, 1.165) is 22.7 Å². The van der Waals surface area contributed by atoms with Crippen LogP contribution in [-0.2, 0) is 0 Å². The summed E-state index contributed by atoms with van der Waals surface area (Å²) in [5.74, 6) is -0.293. The molecule has 0 bridgehead atoms. The van der Waals surface area contributed by atoms with Gasteiger partial charge < -0.3 is 0 Å². The molecule has 0 atom stereocenters. The molecule has 108 valence electrons. The van der Waals surface area contributed by atoms with Gasteiger partial charge in [-0.25, -0.2) is 9.67 Å². The second-order valence-corrected chi connectivity index (χ2v) is 5.52. The normalized spacial score (nSPS) is 10.2. The molecule has 7 heteroatoms. The van der Waals surface area contributed by atoms with Crippen LogP contribution in [0.15, 0.2) is 42.7 Å². The molecule has 0 radical (unpaired) electrons. The molecular formula is C15H11N5OS. The van der Waals surface area contributed by atoms with E-state index in [4.69, 9.17) is 5.26 Å². The van der Waals surface area contributed by atoms with Crippen molar-refractivity contribution in [3.63, 3.8) is 0 Å². The standard InChI is InChI=1S/C15H11N5OS/c1-10-13(9-18-20(10)11-5-3-2-4-6-11)14(21)19-15-17-8-12(7-16)22-15/h2-6,8-9H,1H3,(H,17,19,21). The Balaban J connectivity index is 1.85. The Morgan fingerprint density at radius 3 is 2.77 bits per heavy atom. The fraction of sp³-hybridized carbons (Fsp3) is 0.0667. The zero-order valence-corrected chi connectivity index (χ0v) is 12.5. The zero-order valence-electron chi connectivity index (χ0n) is 11.6. The summed E-state index contributed by atoms with van der Waals surface area (Å²) < 4.78 is 1.71. The lowest BCUT2D eigenvalue weighted by Crippen LogP contribution is -2.12. The van der Waals surface area contributed by atoms with Crippen molar-refractivity contribution in [1.82, 2.24) is 14.8 Å². The van der Waals surface area contributed by atoms with Gasteiger partial charge in [-0.3, -0.25) is 10.1 Å². The number of nitrogens with zero attached hydrogens (tertiary/aromatic N) is 4. The number of carbonyl (C=O) groups is 1. The number of aromatic nitrogens is 3. The first kappa shape index (κ1) is 14.0. The van der Waals surface area contributed by atoms with E-state index < -0.39 is 0 Å². The Hall–Kier alpha value is -2.98. The Bertz CT molecular complexity index is 860. The average molecular weight is 309 g/mol. The first-order chi connectivity index (χ1) is 10.7. The van der Waals surface area contributed by atoms with Crippen molar-refractivity contribution in [2.24, 2.45) is 0 Å². The Labute approximate surface area is 130 Å². The van der Waals surface area contributed by atoms with Crippen molar-refractivity contribution < 1.29 is 4.79 Å². The largest absolute Gasteiger partial charge is 0.298 e. The number of para-hydroxylation sites is 1. The lowest BCUT2D eigenvalue weighted by Gasteiger charge is -2.05. The smallest absolute Gasteiger partial charge is 0.260 e. The maximum atomic E-state index is 12.3. The molecule has 0 aliphatic carbocycles. The maximum absolute atomic E-state index is 12.3.